The highest BCUT2D eigenvalue weighted by molar-refractivity contribution is 6.01. The third kappa shape index (κ3) is 5.84. The minimum absolute atomic E-state index is 0.231. The van der Waals surface area contributed by atoms with Gasteiger partial charge in [-0.05, 0) is 55.3 Å². The maximum absolute atomic E-state index is 12.4. The van der Waals surface area contributed by atoms with E-state index in [2.05, 4.69) is 5.32 Å². The van der Waals surface area contributed by atoms with Gasteiger partial charge in [0.2, 0.25) is 0 Å². The number of carbonyl (C=O) groups is 2. The summed E-state index contributed by atoms with van der Waals surface area (Å²) in [4.78, 5) is 24.7. The molecule has 0 saturated heterocycles. The number of nitrogens with one attached hydrogen (secondary N) is 1. The van der Waals surface area contributed by atoms with Gasteiger partial charge in [-0.3, -0.25) is 4.79 Å². The van der Waals surface area contributed by atoms with E-state index in [-0.39, 0.29) is 5.57 Å². The lowest BCUT2D eigenvalue weighted by molar-refractivity contribution is -0.148. The molecule has 1 N–H and O–H groups in total. The van der Waals surface area contributed by atoms with Gasteiger partial charge in [-0.25, -0.2) is 4.79 Å². The van der Waals surface area contributed by atoms with E-state index in [1.54, 1.807) is 42.5 Å². The standard InChI is InChI=1S/C22H22N2O5/c1-14-8-9-20(28-4)19(10-14)24-21(25)15(2)29-22(26)17(13-23)11-16-6-5-7-18(12-16)27-3/h5-12,15H,1-4H3,(H,24,25)/b17-11+/t15-/m0/s1. The highest BCUT2D eigenvalue weighted by Crippen LogP contribution is 2.25. The summed E-state index contributed by atoms with van der Waals surface area (Å²) in [7, 11) is 3.01. The van der Waals surface area contributed by atoms with Crippen molar-refractivity contribution in [1.29, 1.82) is 5.26 Å². The summed E-state index contributed by atoms with van der Waals surface area (Å²) in [5.41, 5.74) is 1.76. The van der Waals surface area contributed by atoms with Crippen LogP contribution in [0.4, 0.5) is 5.69 Å². The molecule has 0 bridgehead atoms. The molecule has 0 unspecified atom stereocenters. The molecule has 29 heavy (non-hydrogen) atoms. The largest absolute Gasteiger partial charge is 0.497 e. The molecule has 0 aliphatic carbocycles. The van der Waals surface area contributed by atoms with Crippen LogP contribution in [0.2, 0.25) is 0 Å². The van der Waals surface area contributed by atoms with Crippen molar-refractivity contribution in [1.82, 2.24) is 0 Å². The van der Waals surface area contributed by atoms with Crippen molar-refractivity contribution < 1.29 is 23.8 Å². The molecule has 0 fully saturated rings. The zero-order valence-corrected chi connectivity index (χ0v) is 16.7. The molecule has 7 nitrogen and oxygen atoms in total. The summed E-state index contributed by atoms with van der Waals surface area (Å²) >= 11 is 0. The van der Waals surface area contributed by atoms with E-state index in [9.17, 15) is 14.9 Å². The molecule has 0 heterocycles. The van der Waals surface area contributed by atoms with Gasteiger partial charge in [0.1, 0.15) is 23.1 Å². The number of hydrogen-bond donors (Lipinski definition) is 1. The van der Waals surface area contributed by atoms with Gasteiger partial charge in [-0.15, -0.1) is 0 Å². The van der Waals surface area contributed by atoms with Gasteiger partial charge < -0.3 is 19.5 Å². The maximum atomic E-state index is 12.4. The molecular weight excluding hydrogens is 372 g/mol. The highest BCUT2D eigenvalue weighted by Gasteiger charge is 2.21. The number of nitriles is 1. The van der Waals surface area contributed by atoms with Gasteiger partial charge >= 0.3 is 5.97 Å². The molecule has 150 valence electrons. The monoisotopic (exact) mass is 394 g/mol. The molecule has 0 aliphatic rings. The summed E-state index contributed by atoms with van der Waals surface area (Å²) in [6.07, 6.45) is 0.258. The number of carbonyl (C=O) groups excluding carboxylic acids is 2. The molecule has 1 atom stereocenters. The second-order valence-electron chi connectivity index (χ2n) is 6.19. The zero-order chi connectivity index (χ0) is 21.4. The molecule has 0 aromatic heterocycles. The van der Waals surface area contributed by atoms with Crippen LogP contribution in [-0.2, 0) is 14.3 Å². The SMILES string of the molecule is COc1cccc(/C=C(\C#N)C(=O)O[C@@H](C)C(=O)Nc2cc(C)ccc2OC)c1. The summed E-state index contributed by atoms with van der Waals surface area (Å²) in [5.74, 6) is -0.363. The number of aryl methyl sites for hydroxylation is 1. The Morgan fingerprint density at radius 2 is 1.90 bits per heavy atom. The Morgan fingerprint density at radius 3 is 2.55 bits per heavy atom. The lowest BCUT2D eigenvalue weighted by atomic mass is 10.1. The van der Waals surface area contributed by atoms with E-state index in [4.69, 9.17) is 14.2 Å². The average Bonchev–Trinajstić information content (AvgIpc) is 2.72. The Bertz CT molecular complexity index is 975. The van der Waals surface area contributed by atoms with E-state index in [1.807, 2.05) is 13.0 Å². The van der Waals surface area contributed by atoms with Crippen LogP contribution in [0.3, 0.4) is 0 Å². The van der Waals surface area contributed by atoms with E-state index >= 15 is 0 Å². The second kappa shape index (κ2) is 9.95. The normalized spacial score (nSPS) is 11.8. The summed E-state index contributed by atoms with van der Waals surface area (Å²) in [6, 6.07) is 14.0. The van der Waals surface area contributed by atoms with Crippen LogP contribution >= 0.6 is 0 Å². The number of rotatable bonds is 7. The van der Waals surface area contributed by atoms with Crippen molar-refractivity contribution in [2.45, 2.75) is 20.0 Å². The fourth-order valence-electron chi connectivity index (χ4n) is 2.47. The van der Waals surface area contributed by atoms with Gasteiger partial charge in [-0.2, -0.15) is 5.26 Å². The molecule has 0 radical (unpaired) electrons. The first kappa shape index (κ1) is 21.5. The van der Waals surface area contributed by atoms with Crippen LogP contribution in [0.25, 0.3) is 6.08 Å². The van der Waals surface area contributed by atoms with E-state index < -0.39 is 18.0 Å². The topological polar surface area (TPSA) is 97.6 Å². The van der Waals surface area contributed by atoms with Crippen molar-refractivity contribution in [2.24, 2.45) is 0 Å². The number of nitrogens with zero attached hydrogens (tertiary/aromatic N) is 1. The van der Waals surface area contributed by atoms with Crippen LogP contribution in [0, 0.1) is 18.3 Å². The Labute approximate surface area is 169 Å². The van der Waals surface area contributed by atoms with E-state index in [1.165, 1.54) is 27.2 Å². The van der Waals surface area contributed by atoms with E-state index in [0.29, 0.717) is 22.7 Å². The van der Waals surface area contributed by atoms with Crippen LogP contribution in [0.15, 0.2) is 48.0 Å². The number of esters is 1. The first-order valence-corrected chi connectivity index (χ1v) is 8.80. The fraction of sp³-hybridized carbons (Fsp3) is 0.227. The van der Waals surface area contributed by atoms with Crippen LogP contribution in [-0.4, -0.2) is 32.2 Å². The van der Waals surface area contributed by atoms with Crippen LogP contribution in [0.1, 0.15) is 18.1 Å². The van der Waals surface area contributed by atoms with Crippen LogP contribution < -0.4 is 14.8 Å². The summed E-state index contributed by atoms with van der Waals surface area (Å²) < 4.78 is 15.5. The average molecular weight is 394 g/mol. The molecule has 2 aromatic carbocycles. The minimum Gasteiger partial charge on any atom is -0.497 e. The first-order valence-electron chi connectivity index (χ1n) is 8.80. The number of methoxy groups -OCH3 is 2. The van der Waals surface area contributed by atoms with Gasteiger partial charge in [0, 0.05) is 0 Å². The molecule has 2 aromatic rings. The first-order chi connectivity index (χ1) is 13.9. The van der Waals surface area contributed by atoms with Crippen molar-refractivity contribution in [3.05, 3.63) is 59.2 Å². The smallest absolute Gasteiger partial charge is 0.349 e. The molecule has 2 rings (SSSR count). The minimum atomic E-state index is -1.12. The highest BCUT2D eigenvalue weighted by atomic mass is 16.5. The Balaban J connectivity index is 2.10. The molecule has 0 aliphatic heterocycles. The Kier molecular flexibility index (Phi) is 7.38. The van der Waals surface area contributed by atoms with E-state index in [0.717, 1.165) is 5.56 Å². The van der Waals surface area contributed by atoms with Crippen LogP contribution in [0.5, 0.6) is 11.5 Å². The lowest BCUT2D eigenvalue weighted by Crippen LogP contribution is -2.30. The quantitative estimate of drug-likeness (QED) is 0.439. The van der Waals surface area contributed by atoms with Crippen molar-refractivity contribution in [3.63, 3.8) is 0 Å². The Hall–Kier alpha value is -3.79. The summed E-state index contributed by atoms with van der Waals surface area (Å²) in [6.45, 7) is 3.30. The predicted octanol–water partition coefficient (Wildman–Crippen LogP) is 3.49. The van der Waals surface area contributed by atoms with Crippen molar-refractivity contribution in [2.75, 3.05) is 19.5 Å². The van der Waals surface area contributed by atoms with Gasteiger partial charge in [0.05, 0.1) is 19.9 Å². The van der Waals surface area contributed by atoms with Crippen molar-refractivity contribution in [3.8, 4) is 17.6 Å². The second-order valence-corrected chi connectivity index (χ2v) is 6.19. The molecule has 1 amide bonds. The summed E-state index contributed by atoms with van der Waals surface area (Å²) in [5, 5.41) is 12.0. The maximum Gasteiger partial charge on any atom is 0.349 e. The predicted molar refractivity (Wildman–Crippen MR) is 108 cm³/mol. The number of anilines is 1. The third-order valence-electron chi connectivity index (χ3n) is 4.01. The van der Waals surface area contributed by atoms with Gasteiger partial charge in [-0.1, -0.05) is 18.2 Å². The van der Waals surface area contributed by atoms with Gasteiger partial charge in [0.25, 0.3) is 5.91 Å². The number of hydrogen-bond acceptors (Lipinski definition) is 6. The Morgan fingerprint density at radius 1 is 1.14 bits per heavy atom. The molecule has 0 spiro atoms. The molecule has 0 saturated carbocycles. The number of amides is 1. The number of ether oxygens (including phenoxy) is 3. The third-order valence-corrected chi connectivity index (χ3v) is 4.01. The molecular formula is C22H22N2O5. The fourth-order valence-corrected chi connectivity index (χ4v) is 2.47. The number of benzene rings is 2. The van der Waals surface area contributed by atoms with Crippen molar-refractivity contribution >= 4 is 23.6 Å². The van der Waals surface area contributed by atoms with Gasteiger partial charge in [0.15, 0.2) is 6.10 Å². The lowest BCUT2D eigenvalue weighted by Gasteiger charge is -2.15. The zero-order valence-electron chi connectivity index (χ0n) is 16.7. The molecule has 7 heteroatoms.